The maximum Gasteiger partial charge on any atom is 0.335 e. The van der Waals surface area contributed by atoms with E-state index in [2.05, 4.69) is 21.2 Å². The van der Waals surface area contributed by atoms with Crippen molar-refractivity contribution in [2.45, 2.75) is 0 Å². The quantitative estimate of drug-likeness (QED) is 0.305. The third-order valence-corrected chi connectivity index (χ3v) is 5.68. The van der Waals surface area contributed by atoms with Gasteiger partial charge in [0, 0.05) is 15.4 Å². The van der Waals surface area contributed by atoms with Crippen molar-refractivity contribution in [1.82, 2.24) is 5.32 Å². The van der Waals surface area contributed by atoms with E-state index in [0.29, 0.717) is 17.2 Å². The maximum absolute atomic E-state index is 13.2. The van der Waals surface area contributed by atoms with E-state index in [-0.39, 0.29) is 5.57 Å². The van der Waals surface area contributed by atoms with E-state index in [1.165, 1.54) is 6.08 Å². The Hall–Kier alpha value is -3.97. The van der Waals surface area contributed by atoms with E-state index >= 15 is 0 Å². The lowest BCUT2D eigenvalue weighted by atomic mass is 10.1. The standard InChI is InChI=1S/C25H15BrN2O4/c26-17-10-8-16(9-11-17)22-13-12-18(32-22)14-20-23(29)27-25(31)28(24(20)30)21-7-3-5-15-4-1-2-6-19(15)21/h1-14H,(H,27,29,31). The van der Waals surface area contributed by atoms with Gasteiger partial charge in [-0.1, -0.05) is 64.5 Å². The summed E-state index contributed by atoms with van der Waals surface area (Å²) in [6.45, 7) is 0. The Morgan fingerprint density at radius 2 is 1.59 bits per heavy atom. The Kier molecular flexibility index (Phi) is 4.95. The zero-order valence-electron chi connectivity index (χ0n) is 16.5. The van der Waals surface area contributed by atoms with Gasteiger partial charge >= 0.3 is 6.03 Å². The van der Waals surface area contributed by atoms with Gasteiger partial charge in [-0.2, -0.15) is 0 Å². The van der Waals surface area contributed by atoms with Crippen LogP contribution in [0.4, 0.5) is 10.5 Å². The van der Waals surface area contributed by atoms with Crippen molar-refractivity contribution in [3.05, 3.63) is 94.7 Å². The van der Waals surface area contributed by atoms with Crippen LogP contribution in [-0.2, 0) is 9.59 Å². The Morgan fingerprint density at radius 1 is 0.844 bits per heavy atom. The van der Waals surface area contributed by atoms with Gasteiger partial charge in [0.25, 0.3) is 11.8 Å². The summed E-state index contributed by atoms with van der Waals surface area (Å²) in [7, 11) is 0. The third-order valence-electron chi connectivity index (χ3n) is 5.15. The van der Waals surface area contributed by atoms with Gasteiger partial charge < -0.3 is 4.42 Å². The molecule has 156 valence electrons. The molecule has 0 aliphatic carbocycles. The number of carbonyl (C=O) groups excluding carboxylic acids is 3. The number of imide groups is 2. The lowest BCUT2D eigenvalue weighted by Crippen LogP contribution is -2.54. The summed E-state index contributed by atoms with van der Waals surface area (Å²) in [6, 6.07) is 22.9. The van der Waals surface area contributed by atoms with Gasteiger partial charge in [-0.25, -0.2) is 9.69 Å². The van der Waals surface area contributed by atoms with Crippen LogP contribution >= 0.6 is 15.9 Å². The Bertz CT molecular complexity index is 1410. The first kappa shape index (κ1) is 20.0. The van der Waals surface area contributed by atoms with Crippen molar-refractivity contribution in [1.29, 1.82) is 0 Å². The van der Waals surface area contributed by atoms with E-state index in [9.17, 15) is 14.4 Å². The molecule has 0 unspecified atom stereocenters. The van der Waals surface area contributed by atoms with E-state index in [4.69, 9.17) is 4.42 Å². The third kappa shape index (κ3) is 3.52. The number of furan rings is 1. The van der Waals surface area contributed by atoms with Gasteiger partial charge in [0.05, 0.1) is 5.69 Å². The van der Waals surface area contributed by atoms with Gasteiger partial charge in [-0.15, -0.1) is 0 Å². The molecule has 3 aromatic carbocycles. The van der Waals surface area contributed by atoms with Crippen LogP contribution in [0.5, 0.6) is 0 Å². The minimum Gasteiger partial charge on any atom is -0.457 e. The van der Waals surface area contributed by atoms with E-state index in [0.717, 1.165) is 25.7 Å². The lowest BCUT2D eigenvalue weighted by Gasteiger charge is -2.27. The topological polar surface area (TPSA) is 79.6 Å². The molecule has 0 saturated carbocycles. The number of urea groups is 1. The van der Waals surface area contributed by atoms with Crippen molar-refractivity contribution >= 4 is 56.3 Å². The zero-order valence-corrected chi connectivity index (χ0v) is 18.1. The molecule has 0 spiro atoms. The van der Waals surface area contributed by atoms with Crippen molar-refractivity contribution in [3.63, 3.8) is 0 Å². The maximum atomic E-state index is 13.2. The Labute approximate surface area is 191 Å². The number of amides is 4. The van der Waals surface area contributed by atoms with Crippen LogP contribution < -0.4 is 10.2 Å². The molecule has 1 aromatic heterocycles. The SMILES string of the molecule is O=C1NC(=O)N(c2cccc3ccccc23)C(=O)C1=Cc1ccc(-c2ccc(Br)cc2)o1. The van der Waals surface area contributed by atoms with Gasteiger partial charge in [-0.3, -0.25) is 14.9 Å². The van der Waals surface area contributed by atoms with Crippen molar-refractivity contribution in [2.75, 3.05) is 4.90 Å². The second-order valence-corrected chi connectivity index (χ2v) is 8.08. The normalized spacial score (nSPS) is 15.5. The number of hydrogen-bond donors (Lipinski definition) is 1. The Morgan fingerprint density at radius 3 is 2.41 bits per heavy atom. The molecule has 1 fully saturated rings. The molecule has 6 nitrogen and oxygen atoms in total. The zero-order chi connectivity index (χ0) is 22.2. The highest BCUT2D eigenvalue weighted by molar-refractivity contribution is 9.10. The number of anilines is 1. The van der Waals surface area contributed by atoms with Crippen molar-refractivity contribution < 1.29 is 18.8 Å². The number of benzene rings is 3. The molecule has 1 N–H and O–H groups in total. The van der Waals surface area contributed by atoms with E-state index < -0.39 is 17.8 Å². The van der Waals surface area contributed by atoms with Crippen LogP contribution in [0, 0.1) is 0 Å². The number of hydrogen-bond acceptors (Lipinski definition) is 4. The minimum absolute atomic E-state index is 0.186. The monoisotopic (exact) mass is 486 g/mol. The largest absolute Gasteiger partial charge is 0.457 e. The molecule has 32 heavy (non-hydrogen) atoms. The van der Waals surface area contributed by atoms with Crippen LogP contribution in [0.3, 0.4) is 0 Å². The summed E-state index contributed by atoms with van der Waals surface area (Å²) < 4.78 is 6.76. The smallest absolute Gasteiger partial charge is 0.335 e. The summed E-state index contributed by atoms with van der Waals surface area (Å²) in [5.41, 5.74) is 1.07. The second kappa shape index (κ2) is 7.94. The first-order valence-corrected chi connectivity index (χ1v) is 10.6. The van der Waals surface area contributed by atoms with Gasteiger partial charge in [0.1, 0.15) is 17.1 Å². The fourth-order valence-electron chi connectivity index (χ4n) is 3.62. The molecule has 5 rings (SSSR count). The summed E-state index contributed by atoms with van der Waals surface area (Å²) >= 11 is 3.39. The van der Waals surface area contributed by atoms with Gasteiger partial charge in [0.15, 0.2) is 0 Å². The first-order chi connectivity index (χ1) is 15.5. The molecule has 7 heteroatoms. The molecule has 4 amide bonds. The van der Waals surface area contributed by atoms with Crippen LogP contribution in [0.1, 0.15) is 5.76 Å². The number of carbonyl (C=O) groups is 3. The summed E-state index contributed by atoms with van der Waals surface area (Å²) in [6.07, 6.45) is 1.35. The fourth-order valence-corrected chi connectivity index (χ4v) is 3.89. The lowest BCUT2D eigenvalue weighted by molar-refractivity contribution is -0.122. The predicted octanol–water partition coefficient (Wildman–Crippen LogP) is 5.53. The number of halogens is 1. The van der Waals surface area contributed by atoms with Gasteiger partial charge in [-0.05, 0) is 41.8 Å². The highest BCUT2D eigenvalue weighted by Gasteiger charge is 2.37. The number of fused-ring (bicyclic) bond motifs is 1. The minimum atomic E-state index is -0.788. The molecule has 2 heterocycles. The number of nitrogens with one attached hydrogen (secondary N) is 1. The van der Waals surface area contributed by atoms with Gasteiger partial charge in [0.2, 0.25) is 0 Å². The molecule has 0 radical (unpaired) electrons. The summed E-state index contributed by atoms with van der Waals surface area (Å²) in [5, 5.41) is 3.85. The predicted molar refractivity (Wildman–Crippen MR) is 125 cm³/mol. The van der Waals surface area contributed by atoms with E-state index in [1.807, 2.05) is 54.6 Å². The van der Waals surface area contributed by atoms with Crippen LogP contribution in [0.15, 0.2) is 93.3 Å². The van der Waals surface area contributed by atoms with Crippen LogP contribution in [0.25, 0.3) is 28.2 Å². The van der Waals surface area contributed by atoms with Crippen LogP contribution in [0.2, 0.25) is 0 Å². The highest BCUT2D eigenvalue weighted by atomic mass is 79.9. The van der Waals surface area contributed by atoms with Crippen LogP contribution in [-0.4, -0.2) is 17.8 Å². The molecular formula is C25H15BrN2O4. The average Bonchev–Trinajstić information content (AvgIpc) is 3.26. The molecular weight excluding hydrogens is 472 g/mol. The second-order valence-electron chi connectivity index (χ2n) is 7.17. The average molecular weight is 487 g/mol. The number of barbiturate groups is 1. The van der Waals surface area contributed by atoms with Crippen molar-refractivity contribution in [2.24, 2.45) is 0 Å². The molecule has 0 bridgehead atoms. The molecule has 1 aliphatic heterocycles. The summed E-state index contributed by atoms with van der Waals surface area (Å²) in [4.78, 5) is 39.3. The Balaban J connectivity index is 1.53. The highest BCUT2D eigenvalue weighted by Crippen LogP contribution is 2.30. The van der Waals surface area contributed by atoms with E-state index in [1.54, 1.807) is 24.3 Å². The molecule has 4 aromatic rings. The fraction of sp³-hybridized carbons (Fsp3) is 0. The number of nitrogens with zero attached hydrogens (tertiary/aromatic N) is 1. The van der Waals surface area contributed by atoms with Crippen molar-refractivity contribution in [3.8, 4) is 11.3 Å². The molecule has 0 atom stereocenters. The molecule has 1 aliphatic rings. The molecule has 1 saturated heterocycles. The first-order valence-electron chi connectivity index (χ1n) is 9.76. The summed E-state index contributed by atoms with van der Waals surface area (Å²) in [5.74, 6) is -0.557. The number of rotatable bonds is 3.